The molecule has 1 unspecified atom stereocenters. The molecule has 0 radical (unpaired) electrons. The number of rotatable bonds is 8. The molecule has 1 aromatic heterocycles. The van der Waals surface area contributed by atoms with Crippen LogP contribution in [0.3, 0.4) is 0 Å². The fraction of sp³-hybridized carbons (Fsp3) is 0.500. The quantitative estimate of drug-likeness (QED) is 0.775. The zero-order valence-corrected chi connectivity index (χ0v) is 15.1. The smallest absolute Gasteiger partial charge is 0.140 e. The predicted molar refractivity (Wildman–Crippen MR) is 94.8 cm³/mol. The monoisotopic (exact) mass is 334 g/mol. The van der Waals surface area contributed by atoms with Gasteiger partial charge in [0.15, 0.2) is 0 Å². The highest BCUT2D eigenvalue weighted by Crippen LogP contribution is 2.17. The fourth-order valence-electron chi connectivity index (χ4n) is 1.92. The van der Waals surface area contributed by atoms with Gasteiger partial charge in [-0.2, -0.15) is 0 Å². The first-order valence-corrected chi connectivity index (χ1v) is 8.80. The van der Waals surface area contributed by atoms with E-state index in [-0.39, 0.29) is 5.92 Å². The lowest BCUT2D eigenvalue weighted by Crippen LogP contribution is -2.42. The van der Waals surface area contributed by atoms with E-state index in [2.05, 4.69) is 17.2 Å². The first-order valence-electron chi connectivity index (χ1n) is 7.92. The van der Waals surface area contributed by atoms with Crippen LogP contribution in [0.2, 0.25) is 0 Å². The molecule has 2 aromatic rings. The number of aromatic nitrogens is 1. The summed E-state index contributed by atoms with van der Waals surface area (Å²) >= 11 is 1.60. The van der Waals surface area contributed by atoms with E-state index in [1.807, 2.05) is 50.4 Å². The van der Waals surface area contributed by atoms with Crippen molar-refractivity contribution in [1.82, 2.24) is 10.3 Å². The maximum absolute atomic E-state index is 10.2. The van der Waals surface area contributed by atoms with E-state index >= 15 is 0 Å². The van der Waals surface area contributed by atoms with Gasteiger partial charge in [-0.3, -0.25) is 0 Å². The van der Waals surface area contributed by atoms with Crippen LogP contribution in [0.5, 0.6) is 5.75 Å². The molecule has 0 bridgehead atoms. The van der Waals surface area contributed by atoms with Crippen molar-refractivity contribution >= 4 is 11.3 Å². The molecule has 1 atom stereocenters. The molecule has 0 fully saturated rings. The standard InChI is InChI=1S/C18H26N2O2S/c1-13(2)18(4,21)12-19-9-15-11-23-17(20-15)10-22-16-7-5-14(3)6-8-16/h5-8,11,13,19,21H,9-10,12H2,1-4H3. The van der Waals surface area contributed by atoms with Crippen LogP contribution in [-0.2, 0) is 13.2 Å². The molecule has 0 aliphatic rings. The van der Waals surface area contributed by atoms with E-state index in [1.165, 1.54) is 5.56 Å². The Hall–Kier alpha value is -1.43. The van der Waals surface area contributed by atoms with Crippen LogP contribution in [0.1, 0.15) is 37.0 Å². The lowest BCUT2D eigenvalue weighted by atomic mass is 9.92. The van der Waals surface area contributed by atoms with Gasteiger partial charge in [-0.1, -0.05) is 31.5 Å². The van der Waals surface area contributed by atoms with Crippen molar-refractivity contribution in [2.75, 3.05) is 6.54 Å². The van der Waals surface area contributed by atoms with Gasteiger partial charge in [0.1, 0.15) is 17.4 Å². The minimum absolute atomic E-state index is 0.212. The molecule has 1 aromatic carbocycles. The number of nitrogens with one attached hydrogen (secondary N) is 1. The zero-order chi connectivity index (χ0) is 16.9. The molecule has 23 heavy (non-hydrogen) atoms. The number of aliphatic hydroxyl groups is 1. The molecule has 2 N–H and O–H groups in total. The predicted octanol–water partition coefficient (Wildman–Crippen LogP) is 3.53. The molecule has 0 aliphatic carbocycles. The Bertz CT molecular complexity index is 606. The minimum atomic E-state index is -0.701. The van der Waals surface area contributed by atoms with Gasteiger partial charge in [0, 0.05) is 18.5 Å². The second-order valence-electron chi connectivity index (χ2n) is 6.45. The second kappa shape index (κ2) is 7.90. The molecule has 2 rings (SSSR count). The summed E-state index contributed by atoms with van der Waals surface area (Å²) in [5, 5.41) is 16.5. The SMILES string of the molecule is Cc1ccc(OCc2nc(CNCC(C)(O)C(C)C)cs2)cc1. The molecule has 0 saturated carbocycles. The van der Waals surface area contributed by atoms with Gasteiger partial charge >= 0.3 is 0 Å². The summed E-state index contributed by atoms with van der Waals surface area (Å²) in [6.07, 6.45) is 0. The van der Waals surface area contributed by atoms with Crippen LogP contribution in [0, 0.1) is 12.8 Å². The number of nitrogens with zero attached hydrogens (tertiary/aromatic N) is 1. The van der Waals surface area contributed by atoms with Crippen LogP contribution in [0.4, 0.5) is 0 Å². The maximum Gasteiger partial charge on any atom is 0.140 e. The number of thiazole rings is 1. The number of hydrogen-bond donors (Lipinski definition) is 2. The Morgan fingerprint density at radius 3 is 2.65 bits per heavy atom. The highest BCUT2D eigenvalue weighted by atomic mass is 32.1. The molecule has 0 amide bonds. The second-order valence-corrected chi connectivity index (χ2v) is 7.39. The molecule has 0 saturated heterocycles. The third kappa shape index (κ3) is 5.61. The largest absolute Gasteiger partial charge is 0.486 e. The van der Waals surface area contributed by atoms with Gasteiger partial charge in [0.05, 0.1) is 11.3 Å². The Morgan fingerprint density at radius 2 is 2.00 bits per heavy atom. The first kappa shape index (κ1) is 17.9. The normalized spacial score (nSPS) is 14.0. The lowest BCUT2D eigenvalue weighted by Gasteiger charge is -2.27. The van der Waals surface area contributed by atoms with E-state index < -0.39 is 5.60 Å². The van der Waals surface area contributed by atoms with Gasteiger partial charge in [-0.25, -0.2) is 4.98 Å². The van der Waals surface area contributed by atoms with Crippen molar-refractivity contribution in [3.63, 3.8) is 0 Å². The molecule has 0 spiro atoms. The topological polar surface area (TPSA) is 54.4 Å². The highest BCUT2D eigenvalue weighted by molar-refractivity contribution is 7.09. The van der Waals surface area contributed by atoms with Crippen LogP contribution in [-0.4, -0.2) is 22.2 Å². The van der Waals surface area contributed by atoms with Crippen LogP contribution in [0.25, 0.3) is 0 Å². The van der Waals surface area contributed by atoms with Crippen molar-refractivity contribution in [3.05, 3.63) is 45.9 Å². The molecular formula is C18H26N2O2S. The summed E-state index contributed by atoms with van der Waals surface area (Å²) in [4.78, 5) is 4.56. The molecule has 5 heteroatoms. The number of ether oxygens (including phenoxy) is 1. The van der Waals surface area contributed by atoms with Crippen molar-refractivity contribution in [2.24, 2.45) is 5.92 Å². The van der Waals surface area contributed by atoms with Gasteiger partial charge in [0.25, 0.3) is 0 Å². The van der Waals surface area contributed by atoms with Crippen molar-refractivity contribution in [2.45, 2.75) is 46.4 Å². The summed E-state index contributed by atoms with van der Waals surface area (Å²) in [5.41, 5.74) is 1.50. The summed E-state index contributed by atoms with van der Waals surface area (Å²) in [7, 11) is 0. The minimum Gasteiger partial charge on any atom is -0.486 e. The summed E-state index contributed by atoms with van der Waals surface area (Å²) in [6, 6.07) is 8.01. The van der Waals surface area contributed by atoms with Gasteiger partial charge in [0.2, 0.25) is 0 Å². The van der Waals surface area contributed by atoms with E-state index in [4.69, 9.17) is 4.74 Å². The lowest BCUT2D eigenvalue weighted by molar-refractivity contribution is 0.0139. The Morgan fingerprint density at radius 1 is 1.30 bits per heavy atom. The van der Waals surface area contributed by atoms with Crippen molar-refractivity contribution < 1.29 is 9.84 Å². The van der Waals surface area contributed by atoms with Crippen molar-refractivity contribution in [1.29, 1.82) is 0 Å². The molecular weight excluding hydrogens is 308 g/mol. The third-order valence-corrected chi connectivity index (χ3v) is 4.89. The van der Waals surface area contributed by atoms with E-state index in [0.717, 1.165) is 16.5 Å². The van der Waals surface area contributed by atoms with Crippen molar-refractivity contribution in [3.8, 4) is 5.75 Å². The number of aryl methyl sites for hydroxylation is 1. The van der Waals surface area contributed by atoms with E-state index in [9.17, 15) is 5.11 Å². The number of hydrogen-bond acceptors (Lipinski definition) is 5. The van der Waals surface area contributed by atoms with E-state index in [0.29, 0.717) is 19.7 Å². The third-order valence-electron chi connectivity index (χ3n) is 4.02. The average Bonchev–Trinajstić information content (AvgIpc) is 2.94. The Kier molecular flexibility index (Phi) is 6.16. The van der Waals surface area contributed by atoms with Gasteiger partial charge < -0.3 is 15.2 Å². The van der Waals surface area contributed by atoms with Gasteiger partial charge in [-0.15, -0.1) is 11.3 Å². The number of benzene rings is 1. The Balaban J connectivity index is 1.78. The molecule has 4 nitrogen and oxygen atoms in total. The molecule has 126 valence electrons. The molecule has 0 aliphatic heterocycles. The van der Waals surface area contributed by atoms with Crippen LogP contribution < -0.4 is 10.1 Å². The fourth-order valence-corrected chi connectivity index (χ4v) is 2.63. The van der Waals surface area contributed by atoms with E-state index in [1.54, 1.807) is 11.3 Å². The van der Waals surface area contributed by atoms with Gasteiger partial charge in [-0.05, 0) is 31.9 Å². The van der Waals surface area contributed by atoms with Crippen LogP contribution in [0.15, 0.2) is 29.6 Å². The highest BCUT2D eigenvalue weighted by Gasteiger charge is 2.24. The average molecular weight is 334 g/mol. The Labute approximate surface area is 142 Å². The van der Waals surface area contributed by atoms with Crippen LogP contribution >= 0.6 is 11.3 Å². The summed E-state index contributed by atoms with van der Waals surface area (Å²) < 4.78 is 5.74. The summed E-state index contributed by atoms with van der Waals surface area (Å²) in [6.45, 7) is 9.64. The zero-order valence-electron chi connectivity index (χ0n) is 14.3. The molecule has 1 heterocycles. The summed E-state index contributed by atoms with van der Waals surface area (Å²) in [5.74, 6) is 1.07. The maximum atomic E-state index is 10.2. The first-order chi connectivity index (χ1) is 10.9.